The SMILES string of the molecule is COc1ccc(C(Cl)CCC2CCCO2)cc1OC. The van der Waals surface area contributed by atoms with Crippen LogP contribution in [0, 0.1) is 0 Å². The molecule has 1 heterocycles. The maximum Gasteiger partial charge on any atom is 0.161 e. The molecule has 1 fully saturated rings. The van der Waals surface area contributed by atoms with Crippen molar-refractivity contribution in [3.63, 3.8) is 0 Å². The van der Waals surface area contributed by atoms with Crippen molar-refractivity contribution < 1.29 is 14.2 Å². The van der Waals surface area contributed by atoms with Crippen LogP contribution in [0.1, 0.15) is 36.6 Å². The summed E-state index contributed by atoms with van der Waals surface area (Å²) in [5, 5.41) is -0.0102. The van der Waals surface area contributed by atoms with Gasteiger partial charge in [0.2, 0.25) is 0 Å². The van der Waals surface area contributed by atoms with Crippen molar-refractivity contribution in [2.75, 3.05) is 20.8 Å². The molecular weight excluding hydrogens is 264 g/mol. The Morgan fingerprint density at radius 3 is 2.74 bits per heavy atom. The Balaban J connectivity index is 1.95. The zero-order valence-electron chi connectivity index (χ0n) is 11.5. The minimum atomic E-state index is -0.0102. The lowest BCUT2D eigenvalue weighted by molar-refractivity contribution is 0.102. The first-order valence-electron chi connectivity index (χ1n) is 6.72. The summed E-state index contributed by atoms with van der Waals surface area (Å²) in [7, 11) is 3.27. The second-order valence-corrected chi connectivity index (χ2v) is 5.32. The van der Waals surface area contributed by atoms with Crippen LogP contribution in [-0.4, -0.2) is 26.9 Å². The number of hydrogen-bond donors (Lipinski definition) is 0. The van der Waals surface area contributed by atoms with Gasteiger partial charge in [-0.2, -0.15) is 0 Å². The van der Waals surface area contributed by atoms with E-state index >= 15 is 0 Å². The number of methoxy groups -OCH3 is 2. The van der Waals surface area contributed by atoms with Gasteiger partial charge in [-0.05, 0) is 43.4 Å². The van der Waals surface area contributed by atoms with Crippen LogP contribution in [-0.2, 0) is 4.74 Å². The zero-order valence-corrected chi connectivity index (χ0v) is 12.3. The third-order valence-corrected chi connectivity index (χ3v) is 4.01. The third-order valence-electron chi connectivity index (χ3n) is 3.54. The van der Waals surface area contributed by atoms with Crippen molar-refractivity contribution in [3.05, 3.63) is 23.8 Å². The molecule has 0 aliphatic carbocycles. The van der Waals surface area contributed by atoms with Crippen LogP contribution < -0.4 is 9.47 Å². The van der Waals surface area contributed by atoms with Crippen LogP contribution in [0.3, 0.4) is 0 Å². The number of halogens is 1. The van der Waals surface area contributed by atoms with Crippen molar-refractivity contribution >= 4 is 11.6 Å². The van der Waals surface area contributed by atoms with Gasteiger partial charge in [-0.15, -0.1) is 11.6 Å². The summed E-state index contributed by atoms with van der Waals surface area (Å²) in [6.45, 7) is 0.897. The molecule has 2 rings (SSSR count). The van der Waals surface area contributed by atoms with Gasteiger partial charge in [0.05, 0.1) is 25.7 Å². The Morgan fingerprint density at radius 1 is 1.32 bits per heavy atom. The van der Waals surface area contributed by atoms with Crippen LogP contribution in [0.4, 0.5) is 0 Å². The fourth-order valence-electron chi connectivity index (χ4n) is 2.42. The highest BCUT2D eigenvalue weighted by Crippen LogP contribution is 2.34. The monoisotopic (exact) mass is 284 g/mol. The highest BCUT2D eigenvalue weighted by Gasteiger charge is 2.18. The summed E-state index contributed by atoms with van der Waals surface area (Å²) in [6, 6.07) is 5.84. The maximum absolute atomic E-state index is 6.46. The van der Waals surface area contributed by atoms with Gasteiger partial charge < -0.3 is 14.2 Å². The Bertz CT molecular complexity index is 402. The number of rotatable bonds is 6. The average Bonchev–Trinajstić information content (AvgIpc) is 2.97. The molecule has 106 valence electrons. The molecule has 1 aromatic rings. The molecule has 0 aromatic heterocycles. The first-order valence-corrected chi connectivity index (χ1v) is 7.16. The van der Waals surface area contributed by atoms with E-state index in [1.54, 1.807) is 14.2 Å². The maximum atomic E-state index is 6.46. The largest absolute Gasteiger partial charge is 0.493 e. The first kappa shape index (κ1) is 14.5. The third kappa shape index (κ3) is 3.77. The van der Waals surface area contributed by atoms with Gasteiger partial charge in [-0.3, -0.25) is 0 Å². The van der Waals surface area contributed by atoms with Gasteiger partial charge in [0.1, 0.15) is 0 Å². The number of hydrogen-bond acceptors (Lipinski definition) is 3. The summed E-state index contributed by atoms with van der Waals surface area (Å²) in [5.74, 6) is 1.46. The van der Waals surface area contributed by atoms with E-state index in [2.05, 4.69) is 0 Å². The van der Waals surface area contributed by atoms with E-state index < -0.39 is 0 Å². The minimum absolute atomic E-state index is 0.0102. The van der Waals surface area contributed by atoms with Gasteiger partial charge >= 0.3 is 0 Å². The summed E-state index contributed by atoms with van der Waals surface area (Å²) >= 11 is 6.46. The molecule has 1 aromatic carbocycles. The van der Waals surface area contributed by atoms with Gasteiger partial charge in [-0.25, -0.2) is 0 Å². The van der Waals surface area contributed by atoms with Gasteiger partial charge in [-0.1, -0.05) is 6.07 Å². The number of benzene rings is 1. The predicted octanol–water partition coefficient (Wildman–Crippen LogP) is 3.94. The molecule has 19 heavy (non-hydrogen) atoms. The Hall–Kier alpha value is -0.930. The van der Waals surface area contributed by atoms with Crippen molar-refractivity contribution in [3.8, 4) is 11.5 Å². The lowest BCUT2D eigenvalue weighted by atomic mass is 10.0. The Morgan fingerprint density at radius 2 is 2.11 bits per heavy atom. The van der Waals surface area contributed by atoms with Crippen molar-refractivity contribution in [2.24, 2.45) is 0 Å². The van der Waals surface area contributed by atoms with E-state index in [1.807, 2.05) is 18.2 Å². The lowest BCUT2D eigenvalue weighted by Gasteiger charge is -2.15. The van der Waals surface area contributed by atoms with E-state index in [4.69, 9.17) is 25.8 Å². The summed E-state index contributed by atoms with van der Waals surface area (Å²) in [6.07, 6.45) is 4.66. The van der Waals surface area contributed by atoms with Gasteiger partial charge in [0, 0.05) is 6.61 Å². The predicted molar refractivity (Wildman–Crippen MR) is 76.3 cm³/mol. The molecule has 4 heteroatoms. The second-order valence-electron chi connectivity index (χ2n) is 4.79. The molecule has 1 aliphatic rings. The Labute approximate surface area is 119 Å². The molecule has 2 unspecified atom stereocenters. The topological polar surface area (TPSA) is 27.7 Å². The fraction of sp³-hybridized carbons (Fsp3) is 0.600. The number of ether oxygens (including phenoxy) is 3. The van der Waals surface area contributed by atoms with E-state index in [1.165, 1.54) is 6.42 Å². The normalized spacial score (nSPS) is 20.3. The smallest absolute Gasteiger partial charge is 0.161 e. The van der Waals surface area contributed by atoms with Crippen molar-refractivity contribution in [2.45, 2.75) is 37.2 Å². The minimum Gasteiger partial charge on any atom is -0.493 e. The van der Waals surface area contributed by atoms with E-state index in [0.29, 0.717) is 6.10 Å². The molecule has 3 nitrogen and oxygen atoms in total. The van der Waals surface area contributed by atoms with Crippen LogP contribution in [0.5, 0.6) is 11.5 Å². The first-order chi connectivity index (χ1) is 9.24. The van der Waals surface area contributed by atoms with Crippen LogP contribution in [0.15, 0.2) is 18.2 Å². The zero-order chi connectivity index (χ0) is 13.7. The lowest BCUT2D eigenvalue weighted by Crippen LogP contribution is -2.06. The van der Waals surface area contributed by atoms with Crippen LogP contribution in [0.25, 0.3) is 0 Å². The van der Waals surface area contributed by atoms with Crippen molar-refractivity contribution in [1.82, 2.24) is 0 Å². The van der Waals surface area contributed by atoms with E-state index in [-0.39, 0.29) is 5.38 Å². The van der Waals surface area contributed by atoms with Crippen molar-refractivity contribution in [1.29, 1.82) is 0 Å². The quantitative estimate of drug-likeness (QED) is 0.741. The molecule has 2 atom stereocenters. The molecule has 0 N–H and O–H groups in total. The molecule has 0 amide bonds. The molecule has 0 spiro atoms. The van der Waals surface area contributed by atoms with Crippen LogP contribution in [0.2, 0.25) is 0 Å². The molecule has 0 saturated carbocycles. The van der Waals surface area contributed by atoms with E-state index in [9.17, 15) is 0 Å². The van der Waals surface area contributed by atoms with Gasteiger partial charge in [0.25, 0.3) is 0 Å². The Kier molecular flexibility index (Phi) is 5.34. The molecule has 0 bridgehead atoms. The summed E-state index contributed by atoms with van der Waals surface area (Å²) < 4.78 is 16.1. The summed E-state index contributed by atoms with van der Waals surface area (Å²) in [4.78, 5) is 0. The molecule has 0 radical (unpaired) electrons. The average molecular weight is 285 g/mol. The second kappa shape index (κ2) is 7.01. The molecule has 1 aliphatic heterocycles. The summed E-state index contributed by atoms with van der Waals surface area (Å²) in [5.41, 5.74) is 1.07. The van der Waals surface area contributed by atoms with Gasteiger partial charge in [0.15, 0.2) is 11.5 Å². The fourth-order valence-corrected chi connectivity index (χ4v) is 2.68. The number of alkyl halides is 1. The standard InChI is InChI=1S/C15H21ClO3/c1-17-14-8-5-11(10-15(14)18-2)13(16)7-6-12-4-3-9-19-12/h5,8,10,12-13H,3-4,6-7,9H2,1-2H3. The van der Waals surface area contributed by atoms with Crippen LogP contribution >= 0.6 is 11.6 Å². The van der Waals surface area contributed by atoms with E-state index in [0.717, 1.165) is 42.9 Å². The highest BCUT2D eigenvalue weighted by atomic mass is 35.5. The molecule has 1 saturated heterocycles. The highest BCUT2D eigenvalue weighted by molar-refractivity contribution is 6.20. The molecular formula is C15H21ClO3.